The average Bonchev–Trinajstić information content (AvgIpc) is 3.27. The summed E-state index contributed by atoms with van der Waals surface area (Å²) in [6.07, 6.45) is 9.75. The van der Waals surface area contributed by atoms with E-state index >= 15 is 0 Å². The normalized spacial score (nSPS) is 15.5. The van der Waals surface area contributed by atoms with E-state index in [0.29, 0.717) is 0 Å². The molecule has 1 aliphatic rings. The molecule has 1 saturated heterocycles. The first-order valence-corrected chi connectivity index (χ1v) is 10.8. The zero-order valence-electron chi connectivity index (χ0n) is 18.3. The number of carbonyl (C=O) groups excluding carboxylic acids is 1. The van der Waals surface area contributed by atoms with Crippen molar-refractivity contribution >= 4 is 29.3 Å². The highest BCUT2D eigenvalue weighted by Gasteiger charge is 2.23. The summed E-state index contributed by atoms with van der Waals surface area (Å²) in [7, 11) is 1.56. The summed E-state index contributed by atoms with van der Waals surface area (Å²) in [5.41, 5.74) is 4.13. The molecule has 168 valence electrons. The zero-order chi connectivity index (χ0) is 22.6. The highest BCUT2D eigenvalue weighted by molar-refractivity contribution is 5.66. The molecule has 4 aromatic rings. The van der Waals surface area contributed by atoms with Crippen LogP contribution in [-0.4, -0.2) is 70.1 Å². The van der Waals surface area contributed by atoms with Crippen LogP contribution >= 0.6 is 0 Å². The van der Waals surface area contributed by atoms with Crippen LogP contribution in [0.5, 0.6) is 0 Å². The molecule has 1 N–H and O–H groups in total. The fourth-order valence-corrected chi connectivity index (χ4v) is 4.11. The number of aromatic nitrogens is 4. The van der Waals surface area contributed by atoms with Gasteiger partial charge in [0.2, 0.25) is 0 Å². The largest absolute Gasteiger partial charge is 0.369 e. The Morgan fingerprint density at radius 3 is 2.55 bits per heavy atom. The van der Waals surface area contributed by atoms with Crippen molar-refractivity contribution in [1.29, 1.82) is 0 Å². The number of imidazole rings is 1. The molecule has 1 aliphatic heterocycles. The van der Waals surface area contributed by atoms with Gasteiger partial charge in [0.05, 0.1) is 6.20 Å². The monoisotopic (exact) mass is 443 g/mol. The van der Waals surface area contributed by atoms with Crippen molar-refractivity contribution in [3.63, 3.8) is 0 Å². The second-order valence-electron chi connectivity index (χ2n) is 7.85. The number of fused-ring (bicyclic) bond motifs is 1. The molecule has 1 fully saturated rings. The molecule has 9 nitrogen and oxygen atoms in total. The van der Waals surface area contributed by atoms with Gasteiger partial charge >= 0.3 is 0 Å². The van der Waals surface area contributed by atoms with E-state index in [1.165, 1.54) is 0 Å². The first kappa shape index (κ1) is 21.0. The maximum atomic E-state index is 11.2. The third-order valence-corrected chi connectivity index (χ3v) is 5.86. The Morgan fingerprint density at radius 1 is 0.970 bits per heavy atom. The SMILES string of the molecule is COC(C=O)N1CCN(c2ccnc(Nc3cn4cc(-c5ccncc5)ccc4n3)c2)CC1. The number of nitrogens with zero attached hydrogens (tertiary/aromatic N) is 6. The molecule has 5 rings (SSSR count). The molecule has 0 amide bonds. The molecule has 0 aliphatic carbocycles. The van der Waals surface area contributed by atoms with Crippen LogP contribution in [0, 0.1) is 0 Å². The summed E-state index contributed by atoms with van der Waals surface area (Å²) < 4.78 is 7.23. The predicted octanol–water partition coefficient (Wildman–Crippen LogP) is 2.83. The number of piperazine rings is 1. The molecule has 33 heavy (non-hydrogen) atoms. The first-order chi connectivity index (χ1) is 16.2. The Hall–Kier alpha value is -3.82. The van der Waals surface area contributed by atoms with Crippen molar-refractivity contribution in [2.75, 3.05) is 43.5 Å². The van der Waals surface area contributed by atoms with Crippen LogP contribution in [0.15, 0.2) is 67.4 Å². The number of pyridine rings is 3. The molecule has 1 atom stereocenters. The Bertz CT molecular complexity index is 1240. The summed E-state index contributed by atoms with van der Waals surface area (Å²) in [6, 6.07) is 12.0. The van der Waals surface area contributed by atoms with Crippen molar-refractivity contribution in [2.24, 2.45) is 0 Å². The Balaban J connectivity index is 1.29. The summed E-state index contributed by atoms with van der Waals surface area (Å²) >= 11 is 0. The van der Waals surface area contributed by atoms with Crippen molar-refractivity contribution in [3.8, 4) is 11.1 Å². The van der Waals surface area contributed by atoms with E-state index in [9.17, 15) is 4.79 Å². The van der Waals surface area contributed by atoms with E-state index < -0.39 is 6.23 Å². The predicted molar refractivity (Wildman–Crippen MR) is 127 cm³/mol. The van der Waals surface area contributed by atoms with Crippen molar-refractivity contribution < 1.29 is 9.53 Å². The number of hydrogen-bond acceptors (Lipinski definition) is 8. The van der Waals surface area contributed by atoms with Gasteiger partial charge < -0.3 is 19.4 Å². The summed E-state index contributed by atoms with van der Waals surface area (Å²) in [4.78, 5) is 28.7. The van der Waals surface area contributed by atoms with Gasteiger partial charge in [-0.05, 0) is 41.5 Å². The van der Waals surface area contributed by atoms with Crippen LogP contribution in [-0.2, 0) is 9.53 Å². The summed E-state index contributed by atoms with van der Waals surface area (Å²) in [5, 5.41) is 3.32. The van der Waals surface area contributed by atoms with Gasteiger partial charge in [0.15, 0.2) is 18.3 Å². The van der Waals surface area contributed by atoms with E-state index in [0.717, 1.165) is 66.6 Å². The number of carbonyl (C=O) groups is 1. The molecule has 4 aromatic heterocycles. The van der Waals surface area contributed by atoms with Crippen molar-refractivity contribution in [1.82, 2.24) is 24.3 Å². The number of rotatable bonds is 7. The second kappa shape index (κ2) is 9.35. The Labute approximate surface area is 191 Å². The van der Waals surface area contributed by atoms with Gasteiger partial charge in [-0.25, -0.2) is 9.97 Å². The van der Waals surface area contributed by atoms with Crippen molar-refractivity contribution in [2.45, 2.75) is 6.23 Å². The second-order valence-corrected chi connectivity index (χ2v) is 7.85. The van der Waals surface area contributed by atoms with Gasteiger partial charge in [0.25, 0.3) is 0 Å². The minimum Gasteiger partial charge on any atom is -0.369 e. The maximum Gasteiger partial charge on any atom is 0.166 e. The highest BCUT2D eigenvalue weighted by Crippen LogP contribution is 2.24. The summed E-state index contributed by atoms with van der Waals surface area (Å²) in [6.45, 7) is 3.13. The van der Waals surface area contributed by atoms with E-state index in [1.54, 1.807) is 25.7 Å². The quantitative estimate of drug-likeness (QED) is 0.436. The van der Waals surface area contributed by atoms with Gasteiger partial charge in [-0.2, -0.15) is 0 Å². The number of methoxy groups -OCH3 is 1. The fourth-order valence-electron chi connectivity index (χ4n) is 4.11. The van der Waals surface area contributed by atoms with Gasteiger partial charge in [0.1, 0.15) is 11.5 Å². The molecule has 0 saturated carbocycles. The molecule has 0 aromatic carbocycles. The van der Waals surface area contributed by atoms with E-state index in [-0.39, 0.29) is 0 Å². The molecule has 0 spiro atoms. The lowest BCUT2D eigenvalue weighted by atomic mass is 10.1. The number of anilines is 3. The maximum absolute atomic E-state index is 11.2. The number of ether oxygens (including phenoxy) is 1. The number of nitrogens with one attached hydrogen (secondary N) is 1. The lowest BCUT2D eigenvalue weighted by Gasteiger charge is -2.37. The molecular formula is C24H25N7O2. The van der Waals surface area contributed by atoms with Crippen molar-refractivity contribution in [3.05, 3.63) is 67.4 Å². The van der Waals surface area contributed by atoms with Crippen LogP contribution in [0.2, 0.25) is 0 Å². The van der Waals surface area contributed by atoms with Gasteiger partial charge in [-0.1, -0.05) is 0 Å². The fraction of sp³-hybridized carbons (Fsp3) is 0.250. The minimum absolute atomic E-state index is 0.476. The summed E-state index contributed by atoms with van der Waals surface area (Å²) in [5.74, 6) is 1.46. The van der Waals surface area contributed by atoms with Crippen LogP contribution in [0.3, 0.4) is 0 Å². The van der Waals surface area contributed by atoms with Crippen LogP contribution in [0.4, 0.5) is 17.3 Å². The van der Waals surface area contributed by atoms with Gasteiger partial charge in [-0.15, -0.1) is 0 Å². The third kappa shape index (κ3) is 4.55. The average molecular weight is 444 g/mol. The molecule has 0 bridgehead atoms. The van der Waals surface area contributed by atoms with E-state index in [2.05, 4.69) is 37.4 Å². The standard InChI is InChI=1S/C24H25N7O2/c1-33-24(17-32)30-12-10-29(11-13-30)20-6-9-26-21(14-20)27-22-16-31-15-19(2-3-23(31)28-22)18-4-7-25-8-5-18/h2-9,14-17,24H,10-13H2,1H3,(H,26,27). The third-order valence-electron chi connectivity index (χ3n) is 5.86. The van der Waals surface area contributed by atoms with Gasteiger partial charge in [-0.3, -0.25) is 14.7 Å². The lowest BCUT2D eigenvalue weighted by molar-refractivity contribution is -0.127. The topological polar surface area (TPSA) is 87.9 Å². The number of hydrogen-bond donors (Lipinski definition) is 1. The Kier molecular flexibility index (Phi) is 5.97. The number of aldehydes is 1. The lowest BCUT2D eigenvalue weighted by Crippen LogP contribution is -2.51. The van der Waals surface area contributed by atoms with Gasteiger partial charge in [0, 0.05) is 69.8 Å². The highest BCUT2D eigenvalue weighted by atomic mass is 16.5. The minimum atomic E-state index is -0.476. The molecular weight excluding hydrogens is 418 g/mol. The molecule has 5 heterocycles. The van der Waals surface area contributed by atoms with Crippen LogP contribution < -0.4 is 10.2 Å². The molecule has 0 radical (unpaired) electrons. The zero-order valence-corrected chi connectivity index (χ0v) is 18.3. The Morgan fingerprint density at radius 2 is 1.79 bits per heavy atom. The van der Waals surface area contributed by atoms with E-state index in [4.69, 9.17) is 4.74 Å². The van der Waals surface area contributed by atoms with Crippen LogP contribution in [0.1, 0.15) is 0 Å². The molecule has 1 unspecified atom stereocenters. The van der Waals surface area contributed by atoms with Crippen LogP contribution in [0.25, 0.3) is 16.8 Å². The molecule has 9 heteroatoms. The van der Waals surface area contributed by atoms with E-state index in [1.807, 2.05) is 45.8 Å². The first-order valence-electron chi connectivity index (χ1n) is 10.8. The smallest absolute Gasteiger partial charge is 0.166 e.